The second kappa shape index (κ2) is 9.21. The lowest BCUT2D eigenvalue weighted by molar-refractivity contribution is -0.118. The molecule has 0 aliphatic carbocycles. The van der Waals surface area contributed by atoms with Gasteiger partial charge in [0.25, 0.3) is 0 Å². The predicted molar refractivity (Wildman–Crippen MR) is 94.2 cm³/mol. The van der Waals surface area contributed by atoms with E-state index < -0.39 is 0 Å². The van der Waals surface area contributed by atoms with Crippen LogP contribution < -0.4 is 16.8 Å². The maximum Gasteiger partial charge on any atom is 0.230 e. The van der Waals surface area contributed by atoms with E-state index in [0.29, 0.717) is 11.7 Å². The molecule has 0 aliphatic rings. The number of carbonyl (C=O) groups excluding carboxylic acids is 1. The van der Waals surface area contributed by atoms with Crippen molar-refractivity contribution < 1.29 is 4.79 Å². The molecule has 0 saturated heterocycles. The Balaban J connectivity index is 1.60. The van der Waals surface area contributed by atoms with Crippen molar-refractivity contribution in [1.82, 2.24) is 20.3 Å². The zero-order chi connectivity index (χ0) is 16.5. The third-order valence-corrected chi connectivity index (χ3v) is 4.58. The van der Waals surface area contributed by atoms with Crippen LogP contribution in [0.15, 0.2) is 40.4 Å². The third-order valence-electron chi connectivity index (χ3n) is 2.64. The van der Waals surface area contributed by atoms with Gasteiger partial charge in [-0.3, -0.25) is 4.79 Å². The molecule has 1 amide bonds. The van der Waals surface area contributed by atoms with Crippen molar-refractivity contribution in [3.63, 3.8) is 0 Å². The van der Waals surface area contributed by atoms with Gasteiger partial charge in [-0.2, -0.15) is 15.0 Å². The number of hydrogen-bond donors (Lipinski definition) is 3. The van der Waals surface area contributed by atoms with Crippen LogP contribution >= 0.6 is 23.5 Å². The molecule has 2 rings (SSSR count). The van der Waals surface area contributed by atoms with E-state index in [1.54, 1.807) is 11.8 Å². The van der Waals surface area contributed by atoms with Gasteiger partial charge in [-0.1, -0.05) is 30.0 Å². The summed E-state index contributed by atoms with van der Waals surface area (Å²) in [6.07, 6.45) is 0.904. The SMILES string of the molecule is Nc1nc(N)nc(SCC(=O)NCCCSc2ccccc2)n1. The highest BCUT2D eigenvalue weighted by molar-refractivity contribution is 7.99. The average Bonchev–Trinajstić information content (AvgIpc) is 2.53. The Labute approximate surface area is 143 Å². The average molecular weight is 350 g/mol. The molecule has 122 valence electrons. The minimum absolute atomic E-state index is 0.0540. The van der Waals surface area contributed by atoms with Crippen molar-refractivity contribution in [2.24, 2.45) is 0 Å². The van der Waals surface area contributed by atoms with Gasteiger partial charge in [0.15, 0.2) is 5.16 Å². The fraction of sp³-hybridized carbons (Fsp3) is 0.286. The summed E-state index contributed by atoms with van der Waals surface area (Å²) in [5, 5.41) is 3.21. The first kappa shape index (κ1) is 17.4. The molecule has 0 atom stereocenters. The lowest BCUT2D eigenvalue weighted by Crippen LogP contribution is -2.26. The van der Waals surface area contributed by atoms with Gasteiger partial charge in [-0.05, 0) is 24.3 Å². The molecule has 0 aliphatic heterocycles. The van der Waals surface area contributed by atoms with Crippen LogP contribution in [0.1, 0.15) is 6.42 Å². The number of nitrogens with zero attached hydrogens (tertiary/aromatic N) is 3. The number of aromatic nitrogens is 3. The molecule has 0 spiro atoms. The zero-order valence-electron chi connectivity index (χ0n) is 12.4. The minimum atomic E-state index is -0.0720. The van der Waals surface area contributed by atoms with Crippen LogP contribution in [0.2, 0.25) is 0 Å². The summed E-state index contributed by atoms with van der Waals surface area (Å²) >= 11 is 2.95. The van der Waals surface area contributed by atoms with Gasteiger partial charge in [0.2, 0.25) is 17.8 Å². The first-order valence-corrected chi connectivity index (χ1v) is 8.95. The molecular weight excluding hydrogens is 332 g/mol. The molecule has 0 bridgehead atoms. The van der Waals surface area contributed by atoms with E-state index in [0.717, 1.165) is 12.2 Å². The fourth-order valence-corrected chi connectivity index (χ4v) is 3.19. The van der Waals surface area contributed by atoms with Crippen molar-refractivity contribution in [2.75, 3.05) is 29.5 Å². The lowest BCUT2D eigenvalue weighted by atomic mass is 10.4. The van der Waals surface area contributed by atoms with Gasteiger partial charge in [-0.15, -0.1) is 11.8 Å². The molecule has 5 N–H and O–H groups in total. The molecular formula is C14H18N6OS2. The maximum atomic E-state index is 11.7. The summed E-state index contributed by atoms with van der Waals surface area (Å²) < 4.78 is 0. The highest BCUT2D eigenvalue weighted by atomic mass is 32.2. The predicted octanol–water partition coefficient (Wildman–Crippen LogP) is 1.43. The number of benzene rings is 1. The topological polar surface area (TPSA) is 120 Å². The normalized spacial score (nSPS) is 10.4. The lowest BCUT2D eigenvalue weighted by Gasteiger charge is -2.05. The van der Waals surface area contributed by atoms with Crippen LogP contribution in [0.3, 0.4) is 0 Å². The standard InChI is InChI=1S/C14H18N6OS2/c15-12-18-13(16)20-14(19-12)23-9-11(21)17-7-4-8-22-10-5-2-1-3-6-10/h1-3,5-6H,4,7-9H2,(H,17,21)(H4,15,16,18,19,20). The number of amides is 1. The first-order chi connectivity index (χ1) is 11.1. The van der Waals surface area contributed by atoms with Crippen molar-refractivity contribution in [2.45, 2.75) is 16.5 Å². The number of rotatable bonds is 8. The van der Waals surface area contributed by atoms with Crippen LogP contribution in [-0.4, -0.2) is 38.9 Å². The molecule has 0 unspecified atom stereocenters. The number of carbonyl (C=O) groups is 1. The Hall–Kier alpha value is -2.00. The monoisotopic (exact) mass is 350 g/mol. The molecule has 0 fully saturated rings. The van der Waals surface area contributed by atoms with Gasteiger partial charge < -0.3 is 16.8 Å². The Bertz CT molecular complexity index is 620. The van der Waals surface area contributed by atoms with Crippen molar-refractivity contribution >= 4 is 41.3 Å². The van der Waals surface area contributed by atoms with E-state index in [2.05, 4.69) is 32.4 Å². The molecule has 23 heavy (non-hydrogen) atoms. The van der Waals surface area contributed by atoms with Crippen molar-refractivity contribution in [3.05, 3.63) is 30.3 Å². The Morgan fingerprint density at radius 2 is 1.74 bits per heavy atom. The number of nitrogens with one attached hydrogen (secondary N) is 1. The second-order valence-corrected chi connectivity index (χ2v) is 6.60. The molecule has 7 nitrogen and oxygen atoms in total. The van der Waals surface area contributed by atoms with Gasteiger partial charge in [0.1, 0.15) is 0 Å². The highest BCUT2D eigenvalue weighted by Crippen LogP contribution is 2.17. The number of thioether (sulfide) groups is 2. The van der Waals surface area contributed by atoms with Gasteiger partial charge in [0.05, 0.1) is 5.75 Å². The number of nitrogens with two attached hydrogens (primary N) is 2. The molecule has 0 saturated carbocycles. The maximum absolute atomic E-state index is 11.7. The van der Waals surface area contributed by atoms with Gasteiger partial charge >= 0.3 is 0 Å². The van der Waals surface area contributed by atoms with E-state index in [1.165, 1.54) is 16.7 Å². The molecule has 1 aromatic heterocycles. The van der Waals surface area contributed by atoms with E-state index in [1.807, 2.05) is 18.2 Å². The largest absolute Gasteiger partial charge is 0.368 e. The van der Waals surface area contributed by atoms with E-state index in [9.17, 15) is 4.79 Å². The second-order valence-electron chi connectivity index (χ2n) is 4.49. The third kappa shape index (κ3) is 6.74. The molecule has 2 aromatic rings. The Morgan fingerprint density at radius 1 is 1.04 bits per heavy atom. The summed E-state index contributed by atoms with van der Waals surface area (Å²) in [5.41, 5.74) is 10.9. The summed E-state index contributed by atoms with van der Waals surface area (Å²) in [6, 6.07) is 10.2. The first-order valence-electron chi connectivity index (χ1n) is 6.98. The summed E-state index contributed by atoms with van der Waals surface area (Å²) in [4.78, 5) is 24.5. The smallest absolute Gasteiger partial charge is 0.230 e. The summed E-state index contributed by atoms with van der Waals surface area (Å²) in [6.45, 7) is 0.640. The van der Waals surface area contributed by atoms with Crippen LogP contribution in [-0.2, 0) is 4.79 Å². The van der Waals surface area contributed by atoms with Crippen LogP contribution in [0, 0.1) is 0 Å². The molecule has 0 radical (unpaired) electrons. The Morgan fingerprint density at radius 3 is 2.43 bits per heavy atom. The van der Waals surface area contributed by atoms with Gasteiger partial charge in [-0.25, -0.2) is 0 Å². The van der Waals surface area contributed by atoms with Crippen molar-refractivity contribution in [3.8, 4) is 0 Å². The fourth-order valence-electron chi connectivity index (χ4n) is 1.64. The van der Waals surface area contributed by atoms with E-state index >= 15 is 0 Å². The van der Waals surface area contributed by atoms with Crippen molar-refractivity contribution in [1.29, 1.82) is 0 Å². The number of anilines is 2. The molecule has 9 heteroatoms. The van der Waals surface area contributed by atoms with Crippen LogP contribution in [0.5, 0.6) is 0 Å². The van der Waals surface area contributed by atoms with Gasteiger partial charge in [0, 0.05) is 11.4 Å². The molecule has 1 aromatic carbocycles. The summed E-state index contributed by atoms with van der Waals surface area (Å²) in [7, 11) is 0. The summed E-state index contributed by atoms with van der Waals surface area (Å²) in [5.74, 6) is 1.21. The van der Waals surface area contributed by atoms with E-state index in [-0.39, 0.29) is 23.6 Å². The highest BCUT2D eigenvalue weighted by Gasteiger charge is 2.06. The molecule has 1 heterocycles. The number of nitrogen functional groups attached to an aromatic ring is 2. The van der Waals surface area contributed by atoms with Crippen LogP contribution in [0.25, 0.3) is 0 Å². The zero-order valence-corrected chi connectivity index (χ0v) is 14.1. The Kier molecular flexibility index (Phi) is 6.95. The quantitative estimate of drug-likeness (QED) is 0.483. The van der Waals surface area contributed by atoms with E-state index in [4.69, 9.17) is 11.5 Å². The van der Waals surface area contributed by atoms with Crippen LogP contribution in [0.4, 0.5) is 11.9 Å². The number of hydrogen-bond acceptors (Lipinski definition) is 8. The minimum Gasteiger partial charge on any atom is -0.368 e.